The summed E-state index contributed by atoms with van der Waals surface area (Å²) in [5.74, 6) is 0. The van der Waals surface area contributed by atoms with Gasteiger partial charge in [0.2, 0.25) is 0 Å². The molecule has 0 N–H and O–H groups in total. The SMILES string of the molecule is c1ccc(-n2c3ccccc3c3ccc(-c4ccc5c(c4)c4ccccc4n5-c4ccc(-c5ccc6ccccc6c5)c5oc6ccccc6c45)cc32)cc1. The van der Waals surface area contributed by atoms with Gasteiger partial charge in [0.15, 0.2) is 0 Å². The van der Waals surface area contributed by atoms with Crippen LogP contribution in [-0.4, -0.2) is 9.13 Å². The predicted octanol–water partition coefficient (Wildman–Crippen LogP) is 14.3. The lowest BCUT2D eigenvalue weighted by molar-refractivity contribution is 0.670. The Labute approximate surface area is 316 Å². The zero-order valence-electron chi connectivity index (χ0n) is 29.8. The molecule has 0 fully saturated rings. The van der Waals surface area contributed by atoms with Crippen molar-refractivity contribution in [2.24, 2.45) is 0 Å². The summed E-state index contributed by atoms with van der Waals surface area (Å²) in [4.78, 5) is 0. The third kappa shape index (κ3) is 4.44. The summed E-state index contributed by atoms with van der Waals surface area (Å²) >= 11 is 0. The first-order valence-corrected chi connectivity index (χ1v) is 18.8. The third-order valence-electron chi connectivity index (χ3n) is 11.5. The van der Waals surface area contributed by atoms with Crippen LogP contribution >= 0.6 is 0 Å². The molecule has 12 aromatic rings. The topological polar surface area (TPSA) is 23.0 Å². The van der Waals surface area contributed by atoms with E-state index in [1.807, 2.05) is 0 Å². The van der Waals surface area contributed by atoms with Crippen molar-refractivity contribution in [3.63, 3.8) is 0 Å². The van der Waals surface area contributed by atoms with Crippen molar-refractivity contribution in [3.05, 3.63) is 194 Å². The van der Waals surface area contributed by atoms with E-state index in [0.29, 0.717) is 0 Å². The number of nitrogens with zero attached hydrogens (tertiary/aromatic N) is 2. The summed E-state index contributed by atoms with van der Waals surface area (Å²) in [7, 11) is 0. The highest BCUT2D eigenvalue weighted by atomic mass is 16.3. The van der Waals surface area contributed by atoms with Gasteiger partial charge in [0.05, 0.1) is 33.1 Å². The minimum absolute atomic E-state index is 0.887. The number of furan rings is 1. The van der Waals surface area contributed by atoms with Crippen LogP contribution in [0.1, 0.15) is 0 Å². The molecule has 0 spiro atoms. The smallest absolute Gasteiger partial charge is 0.145 e. The fourth-order valence-electron chi connectivity index (χ4n) is 9.00. The van der Waals surface area contributed by atoms with Gasteiger partial charge in [-0.25, -0.2) is 0 Å². The van der Waals surface area contributed by atoms with E-state index in [4.69, 9.17) is 4.42 Å². The number of benzene rings is 9. The molecule has 0 aliphatic rings. The highest BCUT2D eigenvalue weighted by Gasteiger charge is 2.21. The van der Waals surface area contributed by atoms with E-state index in [1.54, 1.807) is 0 Å². The molecule has 0 aliphatic carbocycles. The molecule has 55 heavy (non-hydrogen) atoms. The van der Waals surface area contributed by atoms with E-state index in [1.165, 1.54) is 60.0 Å². The second-order valence-electron chi connectivity index (χ2n) is 14.5. The summed E-state index contributed by atoms with van der Waals surface area (Å²) in [6, 6.07) is 70.2. The molecule has 0 amide bonds. The molecule has 9 aromatic carbocycles. The Hall–Kier alpha value is -7.36. The standard InChI is InChI=1S/C52H32N2O/c1-2-14-38(15-3-1)53-45-19-9-6-16-40(45)42-26-24-36(32-49(42)53)35-25-28-47-44(31-35)41-17-7-10-20-46(41)54(47)48-29-27-39(37-23-22-33-12-4-5-13-34(33)30-37)52-51(48)43-18-8-11-21-50(43)55-52/h1-32H. The summed E-state index contributed by atoms with van der Waals surface area (Å²) < 4.78 is 11.6. The molecule has 3 heteroatoms. The van der Waals surface area contributed by atoms with E-state index < -0.39 is 0 Å². The van der Waals surface area contributed by atoms with E-state index in [0.717, 1.165) is 50.0 Å². The molecule has 0 saturated heterocycles. The van der Waals surface area contributed by atoms with Crippen LogP contribution in [0.25, 0.3) is 110 Å². The van der Waals surface area contributed by atoms with Gasteiger partial charge in [-0.3, -0.25) is 0 Å². The Kier molecular flexibility index (Phi) is 6.34. The Morgan fingerprint density at radius 1 is 0.345 bits per heavy atom. The second kappa shape index (κ2) is 11.6. The van der Waals surface area contributed by atoms with E-state index >= 15 is 0 Å². The molecular formula is C52H32N2O. The summed E-state index contributed by atoms with van der Waals surface area (Å²) in [5.41, 5.74) is 13.4. The van der Waals surface area contributed by atoms with Crippen molar-refractivity contribution in [1.29, 1.82) is 0 Å². The van der Waals surface area contributed by atoms with Crippen LogP contribution in [0.3, 0.4) is 0 Å². The van der Waals surface area contributed by atoms with Crippen molar-refractivity contribution in [2.75, 3.05) is 0 Å². The maximum Gasteiger partial charge on any atom is 0.145 e. The first-order chi connectivity index (χ1) is 27.3. The molecule has 0 atom stereocenters. The fourth-order valence-corrected chi connectivity index (χ4v) is 9.00. The molecule has 0 saturated carbocycles. The van der Waals surface area contributed by atoms with Crippen LogP contribution in [0.15, 0.2) is 199 Å². The molecule has 0 radical (unpaired) electrons. The normalized spacial score (nSPS) is 12.0. The molecule has 0 bridgehead atoms. The van der Waals surface area contributed by atoms with Crippen LogP contribution < -0.4 is 0 Å². The van der Waals surface area contributed by atoms with Gasteiger partial charge < -0.3 is 13.6 Å². The zero-order chi connectivity index (χ0) is 36.0. The molecule has 256 valence electrons. The second-order valence-corrected chi connectivity index (χ2v) is 14.5. The lowest BCUT2D eigenvalue weighted by Crippen LogP contribution is -1.96. The minimum atomic E-state index is 0.887. The van der Waals surface area contributed by atoms with E-state index in [9.17, 15) is 0 Å². The van der Waals surface area contributed by atoms with Crippen LogP contribution in [0.2, 0.25) is 0 Å². The third-order valence-corrected chi connectivity index (χ3v) is 11.5. The van der Waals surface area contributed by atoms with E-state index in [-0.39, 0.29) is 0 Å². The largest absolute Gasteiger partial charge is 0.455 e. The van der Waals surface area contributed by atoms with Crippen molar-refractivity contribution < 1.29 is 4.42 Å². The van der Waals surface area contributed by atoms with Crippen LogP contribution in [-0.2, 0) is 0 Å². The number of hydrogen-bond acceptors (Lipinski definition) is 1. The fraction of sp³-hybridized carbons (Fsp3) is 0. The number of rotatable bonds is 4. The molecule has 12 rings (SSSR count). The molecule has 0 aliphatic heterocycles. The Balaban J connectivity index is 1.08. The first-order valence-electron chi connectivity index (χ1n) is 18.8. The summed E-state index contributed by atoms with van der Waals surface area (Å²) in [6.07, 6.45) is 0. The molecule has 0 unspecified atom stereocenters. The van der Waals surface area contributed by atoms with Gasteiger partial charge in [-0.15, -0.1) is 0 Å². The van der Waals surface area contributed by atoms with Crippen LogP contribution in [0.4, 0.5) is 0 Å². The number of aromatic nitrogens is 2. The highest BCUT2D eigenvalue weighted by Crippen LogP contribution is 2.44. The summed E-state index contributed by atoms with van der Waals surface area (Å²) in [5, 5.41) is 9.63. The molecule has 3 aromatic heterocycles. The van der Waals surface area contributed by atoms with Crippen molar-refractivity contribution in [1.82, 2.24) is 9.13 Å². The van der Waals surface area contributed by atoms with Crippen molar-refractivity contribution in [2.45, 2.75) is 0 Å². The highest BCUT2D eigenvalue weighted by molar-refractivity contribution is 6.17. The van der Waals surface area contributed by atoms with Gasteiger partial charge in [0.25, 0.3) is 0 Å². The Morgan fingerprint density at radius 2 is 0.964 bits per heavy atom. The van der Waals surface area contributed by atoms with Gasteiger partial charge in [-0.1, -0.05) is 127 Å². The average molecular weight is 701 g/mol. The lowest BCUT2D eigenvalue weighted by atomic mass is 9.98. The Bertz CT molecular complexity index is 3490. The molecular weight excluding hydrogens is 669 g/mol. The maximum atomic E-state index is 6.77. The first kappa shape index (κ1) is 30.1. The van der Waals surface area contributed by atoms with Crippen molar-refractivity contribution >= 4 is 76.3 Å². The maximum absolute atomic E-state index is 6.77. The molecule has 3 nitrogen and oxygen atoms in total. The minimum Gasteiger partial charge on any atom is -0.455 e. The van der Waals surface area contributed by atoms with Gasteiger partial charge in [0, 0.05) is 38.2 Å². The van der Waals surface area contributed by atoms with Gasteiger partial charge in [-0.05, 0) is 94.2 Å². The predicted molar refractivity (Wildman–Crippen MR) is 231 cm³/mol. The number of hydrogen-bond donors (Lipinski definition) is 0. The number of fused-ring (bicyclic) bond motifs is 10. The lowest BCUT2D eigenvalue weighted by Gasteiger charge is -2.13. The van der Waals surface area contributed by atoms with Gasteiger partial charge in [0.1, 0.15) is 11.2 Å². The molecule has 3 heterocycles. The van der Waals surface area contributed by atoms with Crippen LogP contribution in [0, 0.1) is 0 Å². The van der Waals surface area contributed by atoms with Gasteiger partial charge >= 0.3 is 0 Å². The summed E-state index contributed by atoms with van der Waals surface area (Å²) in [6.45, 7) is 0. The van der Waals surface area contributed by atoms with Crippen molar-refractivity contribution in [3.8, 4) is 33.6 Å². The Morgan fingerprint density at radius 3 is 1.82 bits per heavy atom. The van der Waals surface area contributed by atoms with E-state index in [2.05, 4.69) is 203 Å². The zero-order valence-corrected chi connectivity index (χ0v) is 29.8. The van der Waals surface area contributed by atoms with Crippen LogP contribution in [0.5, 0.6) is 0 Å². The number of para-hydroxylation sites is 4. The quantitative estimate of drug-likeness (QED) is 0.179. The monoisotopic (exact) mass is 700 g/mol. The van der Waals surface area contributed by atoms with Gasteiger partial charge in [-0.2, -0.15) is 0 Å². The average Bonchev–Trinajstić information content (AvgIpc) is 3.91.